The molecule has 0 amide bonds. The van der Waals surface area contributed by atoms with E-state index in [1.54, 1.807) is 0 Å². The number of pyridine rings is 1. The Kier molecular flexibility index (Phi) is 5.24. The van der Waals surface area contributed by atoms with Gasteiger partial charge in [-0.1, -0.05) is 31.2 Å². The fourth-order valence-corrected chi connectivity index (χ4v) is 4.04. The van der Waals surface area contributed by atoms with Crippen LogP contribution >= 0.6 is 12.4 Å². The first kappa shape index (κ1) is 18.7. The normalized spacial score (nSPS) is 13.6. The molecular formula is C21H25ClFN3. The van der Waals surface area contributed by atoms with Crippen LogP contribution in [0.3, 0.4) is 0 Å². The molecule has 0 saturated carbocycles. The van der Waals surface area contributed by atoms with Crippen molar-refractivity contribution >= 4 is 29.1 Å². The number of aromatic nitrogens is 2. The molecule has 0 radical (unpaired) electrons. The summed E-state index contributed by atoms with van der Waals surface area (Å²) < 4.78 is 16.8. The molecule has 26 heavy (non-hydrogen) atoms. The number of halogens is 2. The van der Waals surface area contributed by atoms with E-state index in [2.05, 4.69) is 52.6 Å². The third-order valence-electron chi connectivity index (χ3n) is 5.46. The number of rotatable bonds is 3. The lowest BCUT2D eigenvalue weighted by molar-refractivity contribution is 0.629. The van der Waals surface area contributed by atoms with Crippen LogP contribution in [-0.2, 0) is 19.5 Å². The van der Waals surface area contributed by atoms with Crippen LogP contribution in [0.2, 0.25) is 0 Å². The number of aryl methyl sites for hydroxylation is 2. The molecule has 0 N–H and O–H groups in total. The monoisotopic (exact) mass is 373 g/mol. The molecule has 0 saturated heterocycles. The Morgan fingerprint density at radius 1 is 1.15 bits per heavy atom. The number of hydrogen-bond acceptors (Lipinski definition) is 2. The smallest absolute Gasteiger partial charge is 0.153 e. The summed E-state index contributed by atoms with van der Waals surface area (Å²) in [6.07, 6.45) is 3.41. The van der Waals surface area contributed by atoms with Crippen molar-refractivity contribution in [2.45, 2.75) is 46.7 Å². The zero-order valence-corrected chi connectivity index (χ0v) is 16.4. The van der Waals surface area contributed by atoms with Crippen molar-refractivity contribution in [3.8, 4) is 0 Å². The molecule has 0 spiro atoms. The van der Waals surface area contributed by atoms with Crippen LogP contribution in [0, 0.1) is 19.7 Å². The fraction of sp³-hybridized carbons (Fsp3) is 0.381. The van der Waals surface area contributed by atoms with Gasteiger partial charge in [0, 0.05) is 30.7 Å². The van der Waals surface area contributed by atoms with E-state index >= 15 is 0 Å². The zero-order valence-electron chi connectivity index (χ0n) is 15.6. The van der Waals surface area contributed by atoms with Crippen molar-refractivity contribution < 1.29 is 4.39 Å². The molecule has 3 nitrogen and oxygen atoms in total. The molecule has 2 aromatic heterocycles. The summed E-state index contributed by atoms with van der Waals surface area (Å²) in [7, 11) is 0. The first-order valence-electron chi connectivity index (χ1n) is 9.07. The summed E-state index contributed by atoms with van der Waals surface area (Å²) >= 11 is 0. The molecule has 4 rings (SSSR count). The van der Waals surface area contributed by atoms with E-state index in [4.69, 9.17) is 0 Å². The van der Waals surface area contributed by atoms with Gasteiger partial charge in [0.15, 0.2) is 11.6 Å². The Hall–Kier alpha value is -2.07. The highest BCUT2D eigenvalue weighted by Gasteiger charge is 2.24. The molecule has 1 aliphatic rings. The molecule has 0 aliphatic carbocycles. The molecular weight excluding hydrogens is 349 g/mol. The van der Waals surface area contributed by atoms with Crippen LogP contribution in [0.1, 0.15) is 35.7 Å². The van der Waals surface area contributed by atoms with Gasteiger partial charge in [-0.25, -0.2) is 9.37 Å². The molecule has 5 heteroatoms. The fourth-order valence-electron chi connectivity index (χ4n) is 4.04. The van der Waals surface area contributed by atoms with E-state index in [-0.39, 0.29) is 18.2 Å². The van der Waals surface area contributed by atoms with E-state index in [0.717, 1.165) is 60.5 Å². The molecule has 3 aromatic rings. The number of anilines is 1. The summed E-state index contributed by atoms with van der Waals surface area (Å²) in [5, 5.41) is 0.731. The molecule has 3 heterocycles. The molecule has 0 unspecified atom stereocenters. The second-order valence-corrected chi connectivity index (χ2v) is 6.96. The van der Waals surface area contributed by atoms with Gasteiger partial charge in [-0.3, -0.25) is 0 Å². The van der Waals surface area contributed by atoms with Crippen molar-refractivity contribution in [3.05, 3.63) is 58.7 Å². The first-order valence-corrected chi connectivity index (χ1v) is 9.07. The van der Waals surface area contributed by atoms with E-state index in [9.17, 15) is 4.39 Å². The molecule has 1 aliphatic heterocycles. The standard InChI is InChI=1S/C21H24FN3.ClH/c1-4-10-25-15(3)14(2)19-18(22)12-23-21(20(19)25)24-11-9-16-7-5-6-8-17(16)13-24;/h5-8,12H,4,9-11,13H2,1-3H3;1H. The SMILES string of the molecule is CCCn1c(C)c(C)c2c(F)cnc(N3CCc4ccccc4C3)c21.Cl. The van der Waals surface area contributed by atoms with Crippen molar-refractivity contribution in [1.29, 1.82) is 0 Å². The third kappa shape index (κ3) is 2.86. The lowest BCUT2D eigenvalue weighted by Crippen LogP contribution is -2.31. The number of hydrogen-bond donors (Lipinski definition) is 0. The van der Waals surface area contributed by atoms with E-state index in [1.165, 1.54) is 17.3 Å². The summed E-state index contributed by atoms with van der Waals surface area (Å²) in [5.74, 6) is 0.696. The van der Waals surface area contributed by atoms with E-state index < -0.39 is 0 Å². The molecule has 138 valence electrons. The number of fused-ring (bicyclic) bond motifs is 2. The Labute approximate surface area is 160 Å². The average Bonchev–Trinajstić information content (AvgIpc) is 2.88. The quantitative estimate of drug-likeness (QED) is 0.630. The Balaban J connectivity index is 0.00000196. The van der Waals surface area contributed by atoms with Crippen molar-refractivity contribution in [2.75, 3.05) is 11.4 Å². The Morgan fingerprint density at radius 2 is 1.88 bits per heavy atom. The molecule has 0 atom stereocenters. The summed E-state index contributed by atoms with van der Waals surface area (Å²) in [6, 6.07) is 8.57. The minimum atomic E-state index is -0.216. The van der Waals surface area contributed by atoms with Gasteiger partial charge in [0.2, 0.25) is 0 Å². The van der Waals surface area contributed by atoms with Crippen molar-refractivity contribution in [3.63, 3.8) is 0 Å². The minimum absolute atomic E-state index is 0. The lowest BCUT2D eigenvalue weighted by atomic mass is 10.00. The van der Waals surface area contributed by atoms with Crippen LogP contribution in [0.5, 0.6) is 0 Å². The van der Waals surface area contributed by atoms with Crippen LogP contribution in [0.15, 0.2) is 30.5 Å². The number of benzene rings is 1. The van der Waals surface area contributed by atoms with Gasteiger partial charge in [-0.2, -0.15) is 0 Å². The van der Waals surface area contributed by atoms with Gasteiger partial charge in [0.05, 0.1) is 11.7 Å². The molecule has 0 fully saturated rings. The van der Waals surface area contributed by atoms with Gasteiger partial charge in [-0.05, 0) is 43.4 Å². The highest BCUT2D eigenvalue weighted by molar-refractivity contribution is 5.94. The second kappa shape index (κ2) is 7.28. The highest BCUT2D eigenvalue weighted by Crippen LogP contribution is 2.35. The maximum atomic E-state index is 14.6. The van der Waals surface area contributed by atoms with Gasteiger partial charge in [0.25, 0.3) is 0 Å². The van der Waals surface area contributed by atoms with Gasteiger partial charge >= 0.3 is 0 Å². The van der Waals surface area contributed by atoms with Crippen LogP contribution in [0.25, 0.3) is 10.9 Å². The van der Waals surface area contributed by atoms with Crippen LogP contribution in [0.4, 0.5) is 10.2 Å². The predicted octanol–water partition coefficient (Wildman–Crippen LogP) is 5.19. The van der Waals surface area contributed by atoms with Gasteiger partial charge in [0.1, 0.15) is 0 Å². The first-order chi connectivity index (χ1) is 12.1. The maximum Gasteiger partial charge on any atom is 0.153 e. The van der Waals surface area contributed by atoms with E-state index in [0.29, 0.717) is 0 Å². The van der Waals surface area contributed by atoms with Crippen LogP contribution in [-0.4, -0.2) is 16.1 Å². The maximum absolute atomic E-state index is 14.6. The third-order valence-corrected chi connectivity index (χ3v) is 5.46. The van der Waals surface area contributed by atoms with E-state index in [1.807, 2.05) is 6.92 Å². The lowest BCUT2D eigenvalue weighted by Gasteiger charge is -2.30. The summed E-state index contributed by atoms with van der Waals surface area (Å²) in [6.45, 7) is 8.89. The molecule has 0 bridgehead atoms. The summed E-state index contributed by atoms with van der Waals surface area (Å²) in [4.78, 5) is 6.83. The topological polar surface area (TPSA) is 21.1 Å². The zero-order chi connectivity index (χ0) is 17.6. The minimum Gasteiger partial charge on any atom is -0.350 e. The Morgan fingerprint density at radius 3 is 2.62 bits per heavy atom. The largest absolute Gasteiger partial charge is 0.350 e. The predicted molar refractivity (Wildman–Crippen MR) is 108 cm³/mol. The summed E-state index contributed by atoms with van der Waals surface area (Å²) in [5.41, 5.74) is 5.88. The van der Waals surface area contributed by atoms with Crippen LogP contribution < -0.4 is 4.90 Å². The highest BCUT2D eigenvalue weighted by atomic mass is 35.5. The van der Waals surface area contributed by atoms with Gasteiger partial charge < -0.3 is 9.47 Å². The second-order valence-electron chi connectivity index (χ2n) is 6.96. The van der Waals surface area contributed by atoms with Crippen molar-refractivity contribution in [1.82, 2.24) is 9.55 Å². The average molecular weight is 374 g/mol. The van der Waals surface area contributed by atoms with Gasteiger partial charge in [-0.15, -0.1) is 12.4 Å². The van der Waals surface area contributed by atoms with Crippen molar-refractivity contribution in [2.24, 2.45) is 0 Å². The number of nitrogens with zero attached hydrogens (tertiary/aromatic N) is 3. The Bertz CT molecular complexity index is 948. The molecule has 1 aromatic carbocycles.